The van der Waals surface area contributed by atoms with Crippen LogP contribution in [0.5, 0.6) is 0 Å². The van der Waals surface area contributed by atoms with Gasteiger partial charge < -0.3 is 15.8 Å². The summed E-state index contributed by atoms with van der Waals surface area (Å²) in [6.45, 7) is 4.12. The third-order valence-electron chi connectivity index (χ3n) is 3.51. The Morgan fingerprint density at radius 2 is 2.30 bits per heavy atom. The highest BCUT2D eigenvalue weighted by Crippen LogP contribution is 2.28. The van der Waals surface area contributed by atoms with E-state index in [9.17, 15) is 4.79 Å². The van der Waals surface area contributed by atoms with Gasteiger partial charge in [0.2, 0.25) is 0 Å². The first kappa shape index (κ1) is 14.8. The Hall–Kier alpha value is -1.56. The standard InChI is InChI=1S/C14H24N4O2/c1-3-11-12(15)13(18(2)17-11)14(19)16-7-4-8-20-9-10-5-6-10/h10H,3-9,15H2,1-2H3,(H,16,19). The van der Waals surface area contributed by atoms with Gasteiger partial charge in [0.25, 0.3) is 5.91 Å². The summed E-state index contributed by atoms with van der Waals surface area (Å²) in [5.74, 6) is 0.616. The van der Waals surface area contributed by atoms with E-state index >= 15 is 0 Å². The number of nitrogens with zero attached hydrogens (tertiary/aromatic N) is 2. The zero-order valence-electron chi connectivity index (χ0n) is 12.3. The summed E-state index contributed by atoms with van der Waals surface area (Å²) in [5, 5.41) is 7.10. The van der Waals surface area contributed by atoms with Crippen molar-refractivity contribution in [3.63, 3.8) is 0 Å². The van der Waals surface area contributed by atoms with Gasteiger partial charge in [0.05, 0.1) is 11.4 Å². The zero-order chi connectivity index (χ0) is 14.5. The number of aryl methyl sites for hydroxylation is 2. The lowest BCUT2D eigenvalue weighted by Gasteiger charge is -2.07. The number of carbonyl (C=O) groups is 1. The molecule has 0 unspecified atom stereocenters. The van der Waals surface area contributed by atoms with Crippen LogP contribution in [0.25, 0.3) is 0 Å². The molecule has 0 radical (unpaired) electrons. The van der Waals surface area contributed by atoms with Crippen molar-refractivity contribution in [3.8, 4) is 0 Å². The number of ether oxygens (including phenoxy) is 1. The van der Waals surface area contributed by atoms with Crippen LogP contribution < -0.4 is 11.1 Å². The summed E-state index contributed by atoms with van der Waals surface area (Å²) in [6, 6.07) is 0. The number of rotatable bonds is 8. The van der Waals surface area contributed by atoms with Crippen molar-refractivity contribution in [2.24, 2.45) is 13.0 Å². The fourth-order valence-corrected chi connectivity index (χ4v) is 2.12. The van der Waals surface area contributed by atoms with E-state index in [0.717, 1.165) is 31.1 Å². The summed E-state index contributed by atoms with van der Waals surface area (Å²) in [7, 11) is 1.74. The van der Waals surface area contributed by atoms with E-state index in [1.54, 1.807) is 11.7 Å². The Kier molecular flexibility index (Phi) is 5.00. The van der Waals surface area contributed by atoms with Gasteiger partial charge in [-0.05, 0) is 31.6 Å². The van der Waals surface area contributed by atoms with Crippen LogP contribution in [0.2, 0.25) is 0 Å². The summed E-state index contributed by atoms with van der Waals surface area (Å²) >= 11 is 0. The van der Waals surface area contributed by atoms with Gasteiger partial charge in [-0.2, -0.15) is 5.10 Å². The van der Waals surface area contributed by atoms with Crippen LogP contribution in [0.4, 0.5) is 5.69 Å². The van der Waals surface area contributed by atoms with Gasteiger partial charge >= 0.3 is 0 Å². The SMILES string of the molecule is CCc1nn(C)c(C(=O)NCCCOCC2CC2)c1N. The molecule has 1 heterocycles. The first-order valence-corrected chi connectivity index (χ1v) is 7.30. The molecular formula is C14H24N4O2. The van der Waals surface area contributed by atoms with Crippen LogP contribution in [0.1, 0.15) is 42.4 Å². The topological polar surface area (TPSA) is 82.2 Å². The highest BCUT2D eigenvalue weighted by atomic mass is 16.5. The van der Waals surface area contributed by atoms with E-state index in [0.29, 0.717) is 24.5 Å². The van der Waals surface area contributed by atoms with Crippen molar-refractivity contribution in [1.82, 2.24) is 15.1 Å². The highest BCUT2D eigenvalue weighted by molar-refractivity contribution is 5.97. The smallest absolute Gasteiger partial charge is 0.271 e. The number of carbonyl (C=O) groups excluding carboxylic acids is 1. The van der Waals surface area contributed by atoms with E-state index in [1.165, 1.54) is 12.8 Å². The Morgan fingerprint density at radius 1 is 1.55 bits per heavy atom. The minimum atomic E-state index is -0.167. The molecule has 6 nitrogen and oxygen atoms in total. The molecule has 0 saturated heterocycles. The molecule has 3 N–H and O–H groups in total. The average molecular weight is 280 g/mol. The fourth-order valence-electron chi connectivity index (χ4n) is 2.12. The van der Waals surface area contributed by atoms with Crippen molar-refractivity contribution < 1.29 is 9.53 Å². The Labute approximate surface area is 119 Å². The number of nitrogen functional groups attached to an aromatic ring is 1. The minimum Gasteiger partial charge on any atom is -0.395 e. The van der Waals surface area contributed by atoms with Gasteiger partial charge in [-0.15, -0.1) is 0 Å². The molecule has 1 aromatic rings. The number of hydrogen-bond acceptors (Lipinski definition) is 4. The largest absolute Gasteiger partial charge is 0.395 e. The molecule has 0 bridgehead atoms. The van der Waals surface area contributed by atoms with Crippen LogP contribution in [0, 0.1) is 5.92 Å². The summed E-state index contributed by atoms with van der Waals surface area (Å²) < 4.78 is 7.07. The van der Waals surface area contributed by atoms with Crippen LogP contribution in [-0.4, -0.2) is 35.4 Å². The van der Waals surface area contributed by atoms with E-state index in [-0.39, 0.29) is 5.91 Å². The second-order valence-corrected chi connectivity index (χ2v) is 5.31. The molecule has 1 aliphatic rings. The second kappa shape index (κ2) is 6.74. The maximum atomic E-state index is 12.1. The molecule has 0 spiro atoms. The summed E-state index contributed by atoms with van der Waals surface area (Å²) in [5.41, 5.74) is 7.64. The molecule has 112 valence electrons. The highest BCUT2D eigenvalue weighted by Gasteiger charge is 2.21. The van der Waals surface area contributed by atoms with Crippen molar-refractivity contribution >= 4 is 11.6 Å². The van der Waals surface area contributed by atoms with E-state index in [2.05, 4.69) is 10.4 Å². The fraction of sp³-hybridized carbons (Fsp3) is 0.714. The molecule has 0 atom stereocenters. The first-order chi connectivity index (χ1) is 9.63. The Morgan fingerprint density at radius 3 is 2.90 bits per heavy atom. The predicted molar refractivity (Wildman–Crippen MR) is 77.5 cm³/mol. The van der Waals surface area contributed by atoms with Gasteiger partial charge in [-0.25, -0.2) is 0 Å². The number of hydrogen-bond donors (Lipinski definition) is 2. The lowest BCUT2D eigenvalue weighted by atomic mass is 10.2. The van der Waals surface area contributed by atoms with Gasteiger partial charge in [0.15, 0.2) is 0 Å². The van der Waals surface area contributed by atoms with Gasteiger partial charge in [0, 0.05) is 26.8 Å². The number of nitrogens with one attached hydrogen (secondary N) is 1. The molecule has 0 aliphatic heterocycles. The lowest BCUT2D eigenvalue weighted by Crippen LogP contribution is -2.28. The predicted octanol–water partition coefficient (Wildman–Crippen LogP) is 1.11. The maximum absolute atomic E-state index is 12.1. The van der Waals surface area contributed by atoms with Crippen LogP contribution in [-0.2, 0) is 18.2 Å². The monoisotopic (exact) mass is 280 g/mol. The molecule has 0 aromatic carbocycles. The van der Waals surface area contributed by atoms with Crippen LogP contribution in [0.3, 0.4) is 0 Å². The summed E-state index contributed by atoms with van der Waals surface area (Å²) in [4.78, 5) is 12.1. The van der Waals surface area contributed by atoms with Crippen molar-refractivity contribution in [2.45, 2.75) is 32.6 Å². The number of nitrogens with two attached hydrogens (primary N) is 1. The normalized spacial score (nSPS) is 14.5. The number of anilines is 1. The molecule has 2 rings (SSSR count). The molecule has 1 saturated carbocycles. The van der Waals surface area contributed by atoms with Crippen molar-refractivity contribution in [3.05, 3.63) is 11.4 Å². The third-order valence-corrected chi connectivity index (χ3v) is 3.51. The molecule has 20 heavy (non-hydrogen) atoms. The number of amides is 1. The Bertz CT molecular complexity index is 466. The summed E-state index contributed by atoms with van der Waals surface area (Å²) in [6.07, 6.45) is 4.14. The van der Waals surface area contributed by atoms with Gasteiger partial charge in [-0.1, -0.05) is 6.92 Å². The zero-order valence-corrected chi connectivity index (χ0v) is 12.3. The minimum absolute atomic E-state index is 0.167. The van der Waals surface area contributed by atoms with E-state index in [4.69, 9.17) is 10.5 Å². The van der Waals surface area contributed by atoms with Crippen molar-refractivity contribution in [2.75, 3.05) is 25.5 Å². The second-order valence-electron chi connectivity index (χ2n) is 5.31. The van der Waals surface area contributed by atoms with Crippen LogP contribution in [0.15, 0.2) is 0 Å². The molecule has 1 amide bonds. The molecule has 1 aromatic heterocycles. The number of aromatic nitrogens is 2. The third kappa shape index (κ3) is 3.72. The van der Waals surface area contributed by atoms with Crippen LogP contribution >= 0.6 is 0 Å². The van der Waals surface area contributed by atoms with E-state index in [1.807, 2.05) is 6.92 Å². The van der Waals surface area contributed by atoms with E-state index < -0.39 is 0 Å². The quantitative estimate of drug-likeness (QED) is 0.699. The molecular weight excluding hydrogens is 256 g/mol. The van der Waals surface area contributed by atoms with Gasteiger partial charge in [-0.3, -0.25) is 9.48 Å². The molecule has 1 aliphatic carbocycles. The van der Waals surface area contributed by atoms with Gasteiger partial charge in [0.1, 0.15) is 5.69 Å². The lowest BCUT2D eigenvalue weighted by molar-refractivity contribution is 0.0929. The first-order valence-electron chi connectivity index (χ1n) is 7.30. The molecule has 1 fully saturated rings. The maximum Gasteiger partial charge on any atom is 0.271 e. The Balaban J connectivity index is 1.72. The average Bonchev–Trinajstić information content (AvgIpc) is 3.19. The molecule has 6 heteroatoms. The van der Waals surface area contributed by atoms with Crippen molar-refractivity contribution in [1.29, 1.82) is 0 Å².